The molecule has 2 aliphatic heterocycles. The molecule has 0 spiro atoms. The molecular weight excluding hydrogens is 254 g/mol. The van der Waals surface area contributed by atoms with Crippen molar-refractivity contribution < 1.29 is 9.90 Å². The van der Waals surface area contributed by atoms with Gasteiger partial charge in [-0.15, -0.1) is 0 Å². The molecule has 1 atom stereocenters. The number of nitrogens with zero attached hydrogens (tertiary/aromatic N) is 3. The number of likely N-dealkylation sites (tertiary alicyclic amines) is 1. The van der Waals surface area contributed by atoms with Crippen molar-refractivity contribution in [2.24, 2.45) is 0 Å². The molecule has 3 rings (SSSR count). The minimum atomic E-state index is -0.968. The van der Waals surface area contributed by atoms with Gasteiger partial charge in [0.1, 0.15) is 5.69 Å². The normalized spacial score (nSPS) is 24.0. The Kier molecular flexibility index (Phi) is 3.87. The second-order valence-corrected chi connectivity index (χ2v) is 5.69. The maximum absolute atomic E-state index is 10.8. The Balaban J connectivity index is 1.62. The lowest BCUT2D eigenvalue weighted by atomic mass is 10.1. The Morgan fingerprint density at radius 1 is 1.20 bits per heavy atom. The number of carboxylic acid groups (broad SMARTS) is 1. The number of hydrogen-bond acceptors (Lipinski definition) is 4. The Hall–Kier alpha value is -1.62. The average molecular weight is 275 g/mol. The van der Waals surface area contributed by atoms with Gasteiger partial charge in [-0.25, -0.2) is 9.78 Å². The largest absolute Gasteiger partial charge is 0.477 e. The maximum atomic E-state index is 10.8. The molecule has 0 amide bonds. The summed E-state index contributed by atoms with van der Waals surface area (Å²) in [6, 6.07) is 4.11. The summed E-state index contributed by atoms with van der Waals surface area (Å²) in [6.07, 6.45) is 6.90. The predicted octanol–water partition coefficient (Wildman–Crippen LogP) is 1.84. The summed E-state index contributed by atoms with van der Waals surface area (Å²) < 4.78 is 0. The van der Waals surface area contributed by atoms with Crippen LogP contribution in [0.1, 0.15) is 36.2 Å². The number of aromatic nitrogens is 1. The van der Waals surface area contributed by atoms with Crippen LogP contribution in [0.4, 0.5) is 5.69 Å². The Morgan fingerprint density at radius 3 is 2.65 bits per heavy atom. The van der Waals surface area contributed by atoms with Gasteiger partial charge in [0, 0.05) is 19.1 Å². The van der Waals surface area contributed by atoms with E-state index < -0.39 is 5.97 Å². The van der Waals surface area contributed by atoms with Gasteiger partial charge in [-0.1, -0.05) is 6.42 Å². The number of carbonyl (C=O) groups is 1. The molecule has 0 radical (unpaired) electrons. The summed E-state index contributed by atoms with van der Waals surface area (Å²) in [6.45, 7) is 4.53. The van der Waals surface area contributed by atoms with Crippen LogP contribution in [0.2, 0.25) is 0 Å². The van der Waals surface area contributed by atoms with Crippen molar-refractivity contribution in [2.45, 2.75) is 31.7 Å². The van der Waals surface area contributed by atoms with Crippen molar-refractivity contribution >= 4 is 11.7 Å². The van der Waals surface area contributed by atoms with E-state index >= 15 is 0 Å². The predicted molar refractivity (Wildman–Crippen MR) is 77.2 cm³/mol. The standard InChI is InChI=1S/C15H21N3O2/c19-15(20)14-5-4-12(10-16-14)18-9-6-13(11-18)17-7-2-1-3-8-17/h4-5,10,13H,1-3,6-9,11H2,(H,19,20). The Bertz CT molecular complexity index is 469. The van der Waals surface area contributed by atoms with Crippen molar-refractivity contribution in [1.82, 2.24) is 9.88 Å². The Labute approximate surface area is 119 Å². The first kappa shape index (κ1) is 13.4. The summed E-state index contributed by atoms with van der Waals surface area (Å²) in [5, 5.41) is 8.87. The third-order valence-electron chi connectivity index (χ3n) is 4.40. The summed E-state index contributed by atoms with van der Waals surface area (Å²) in [4.78, 5) is 19.7. The first-order valence-corrected chi connectivity index (χ1v) is 7.42. The van der Waals surface area contributed by atoms with Crippen LogP contribution in [0.15, 0.2) is 18.3 Å². The molecule has 1 unspecified atom stereocenters. The van der Waals surface area contributed by atoms with Gasteiger partial charge in [0.2, 0.25) is 0 Å². The van der Waals surface area contributed by atoms with Gasteiger partial charge in [-0.3, -0.25) is 4.90 Å². The van der Waals surface area contributed by atoms with E-state index in [1.54, 1.807) is 12.3 Å². The van der Waals surface area contributed by atoms with E-state index in [4.69, 9.17) is 5.11 Å². The number of piperidine rings is 1. The van der Waals surface area contributed by atoms with Crippen LogP contribution in [0, 0.1) is 0 Å². The van der Waals surface area contributed by atoms with E-state index in [1.807, 2.05) is 6.07 Å². The molecule has 1 aromatic heterocycles. The first-order chi connectivity index (χ1) is 9.74. The second kappa shape index (κ2) is 5.79. The van der Waals surface area contributed by atoms with Gasteiger partial charge >= 0.3 is 5.97 Å². The molecule has 3 heterocycles. The van der Waals surface area contributed by atoms with E-state index in [2.05, 4.69) is 14.8 Å². The zero-order valence-corrected chi connectivity index (χ0v) is 11.7. The molecule has 20 heavy (non-hydrogen) atoms. The SMILES string of the molecule is O=C(O)c1ccc(N2CCC(N3CCCCC3)C2)cn1. The van der Waals surface area contributed by atoms with Gasteiger partial charge in [0.05, 0.1) is 11.9 Å². The molecular formula is C15H21N3O2. The highest BCUT2D eigenvalue weighted by Crippen LogP contribution is 2.24. The number of carboxylic acids is 1. The van der Waals surface area contributed by atoms with Crippen LogP contribution in [0.25, 0.3) is 0 Å². The molecule has 0 aliphatic carbocycles. The highest BCUT2D eigenvalue weighted by Gasteiger charge is 2.28. The highest BCUT2D eigenvalue weighted by molar-refractivity contribution is 5.85. The topological polar surface area (TPSA) is 56.7 Å². The van der Waals surface area contributed by atoms with Crippen molar-refractivity contribution in [3.63, 3.8) is 0 Å². The van der Waals surface area contributed by atoms with Crippen LogP contribution in [0.3, 0.4) is 0 Å². The molecule has 2 aliphatic rings. The van der Waals surface area contributed by atoms with E-state index in [1.165, 1.54) is 38.8 Å². The van der Waals surface area contributed by atoms with E-state index in [0.717, 1.165) is 18.8 Å². The lowest BCUT2D eigenvalue weighted by molar-refractivity contribution is 0.0690. The molecule has 5 heteroatoms. The summed E-state index contributed by atoms with van der Waals surface area (Å²) in [5.74, 6) is -0.968. The monoisotopic (exact) mass is 275 g/mol. The molecule has 2 saturated heterocycles. The lowest BCUT2D eigenvalue weighted by Gasteiger charge is -2.32. The average Bonchev–Trinajstić information content (AvgIpc) is 2.98. The number of hydrogen-bond donors (Lipinski definition) is 1. The summed E-state index contributed by atoms with van der Waals surface area (Å²) in [5.41, 5.74) is 1.15. The molecule has 0 bridgehead atoms. The molecule has 0 aromatic carbocycles. The van der Waals surface area contributed by atoms with E-state index in [9.17, 15) is 4.79 Å². The fraction of sp³-hybridized carbons (Fsp3) is 0.600. The number of anilines is 1. The van der Waals surface area contributed by atoms with Crippen LogP contribution < -0.4 is 4.90 Å². The minimum absolute atomic E-state index is 0.112. The second-order valence-electron chi connectivity index (χ2n) is 5.69. The zero-order valence-electron chi connectivity index (χ0n) is 11.7. The quantitative estimate of drug-likeness (QED) is 0.912. The van der Waals surface area contributed by atoms with E-state index in [-0.39, 0.29) is 5.69 Å². The van der Waals surface area contributed by atoms with Crippen LogP contribution >= 0.6 is 0 Å². The van der Waals surface area contributed by atoms with Crippen molar-refractivity contribution in [2.75, 3.05) is 31.1 Å². The van der Waals surface area contributed by atoms with E-state index in [0.29, 0.717) is 6.04 Å². The van der Waals surface area contributed by atoms with Gasteiger partial charge in [-0.2, -0.15) is 0 Å². The minimum Gasteiger partial charge on any atom is -0.477 e. The third kappa shape index (κ3) is 2.77. The van der Waals surface area contributed by atoms with Crippen molar-refractivity contribution in [3.8, 4) is 0 Å². The number of pyridine rings is 1. The summed E-state index contributed by atoms with van der Waals surface area (Å²) >= 11 is 0. The van der Waals surface area contributed by atoms with Gasteiger partial charge in [0.25, 0.3) is 0 Å². The first-order valence-electron chi connectivity index (χ1n) is 7.42. The lowest BCUT2D eigenvalue weighted by Crippen LogP contribution is -2.40. The highest BCUT2D eigenvalue weighted by atomic mass is 16.4. The molecule has 108 valence electrons. The van der Waals surface area contributed by atoms with Gasteiger partial charge in [0.15, 0.2) is 0 Å². The molecule has 1 aromatic rings. The number of aromatic carboxylic acids is 1. The maximum Gasteiger partial charge on any atom is 0.354 e. The van der Waals surface area contributed by atoms with Crippen LogP contribution in [-0.4, -0.2) is 53.2 Å². The number of rotatable bonds is 3. The zero-order chi connectivity index (χ0) is 13.9. The molecule has 5 nitrogen and oxygen atoms in total. The van der Waals surface area contributed by atoms with Gasteiger partial charge < -0.3 is 10.0 Å². The summed E-state index contributed by atoms with van der Waals surface area (Å²) in [7, 11) is 0. The van der Waals surface area contributed by atoms with Crippen molar-refractivity contribution in [1.29, 1.82) is 0 Å². The van der Waals surface area contributed by atoms with Gasteiger partial charge in [-0.05, 0) is 44.5 Å². The third-order valence-corrected chi connectivity index (χ3v) is 4.40. The fourth-order valence-electron chi connectivity index (χ4n) is 3.26. The van der Waals surface area contributed by atoms with Crippen LogP contribution in [-0.2, 0) is 0 Å². The smallest absolute Gasteiger partial charge is 0.354 e. The van der Waals surface area contributed by atoms with Crippen molar-refractivity contribution in [3.05, 3.63) is 24.0 Å². The van der Waals surface area contributed by atoms with Crippen LogP contribution in [0.5, 0.6) is 0 Å². The molecule has 0 saturated carbocycles. The molecule has 2 fully saturated rings. The Morgan fingerprint density at radius 2 is 2.00 bits per heavy atom. The molecule has 1 N–H and O–H groups in total. The fourth-order valence-corrected chi connectivity index (χ4v) is 3.26.